The van der Waals surface area contributed by atoms with Gasteiger partial charge in [0.15, 0.2) is 0 Å². The average Bonchev–Trinajstić information content (AvgIpc) is 2.14. The molecule has 0 saturated heterocycles. The molecule has 0 bridgehead atoms. The van der Waals surface area contributed by atoms with Crippen molar-refractivity contribution in [3.05, 3.63) is 35.1 Å². The molecule has 1 nitrogen and oxygen atoms in total. The summed E-state index contributed by atoms with van der Waals surface area (Å²) < 4.78 is 12.9. The molecule has 2 heteroatoms. The van der Waals surface area contributed by atoms with Crippen LogP contribution in [-0.4, -0.2) is 0 Å². The maximum absolute atomic E-state index is 12.9. The third-order valence-corrected chi connectivity index (χ3v) is 2.69. The molecule has 0 aromatic heterocycles. The Morgan fingerprint density at radius 2 is 1.93 bits per heavy atom. The minimum absolute atomic E-state index is 0.0352. The van der Waals surface area contributed by atoms with Gasteiger partial charge in [0.05, 0.1) is 0 Å². The summed E-state index contributed by atoms with van der Waals surface area (Å²) >= 11 is 0. The zero-order valence-electron chi connectivity index (χ0n) is 9.76. The molecule has 0 heterocycles. The summed E-state index contributed by atoms with van der Waals surface area (Å²) in [5.41, 5.74) is 8.09. The molecule has 0 saturated carbocycles. The molecule has 0 spiro atoms. The van der Waals surface area contributed by atoms with Gasteiger partial charge in [0.1, 0.15) is 5.82 Å². The van der Waals surface area contributed by atoms with Crippen LogP contribution < -0.4 is 5.73 Å². The molecule has 0 aliphatic rings. The summed E-state index contributed by atoms with van der Waals surface area (Å²) in [6, 6.07) is 4.87. The lowest BCUT2D eigenvalue weighted by atomic mass is 9.95. The number of benzene rings is 1. The molecule has 1 aromatic rings. The lowest BCUT2D eigenvalue weighted by Crippen LogP contribution is -2.12. The van der Waals surface area contributed by atoms with Crippen molar-refractivity contribution in [2.24, 2.45) is 11.7 Å². The Bertz CT molecular complexity index is 320. The lowest BCUT2D eigenvalue weighted by Gasteiger charge is -2.15. The van der Waals surface area contributed by atoms with E-state index in [-0.39, 0.29) is 11.9 Å². The molecule has 0 fully saturated rings. The Morgan fingerprint density at radius 3 is 2.47 bits per heavy atom. The van der Waals surface area contributed by atoms with Gasteiger partial charge >= 0.3 is 0 Å². The van der Waals surface area contributed by atoms with Crippen LogP contribution in [0.3, 0.4) is 0 Å². The van der Waals surface area contributed by atoms with Crippen LogP contribution in [0.15, 0.2) is 18.2 Å². The molecule has 0 radical (unpaired) electrons. The average molecular weight is 209 g/mol. The molecule has 2 N–H and O–H groups in total. The van der Waals surface area contributed by atoms with Gasteiger partial charge in [0, 0.05) is 6.04 Å². The summed E-state index contributed by atoms with van der Waals surface area (Å²) in [5.74, 6) is 0.476. The highest BCUT2D eigenvalue weighted by Gasteiger charge is 2.10. The first-order valence-electron chi connectivity index (χ1n) is 5.52. The highest BCUT2D eigenvalue weighted by atomic mass is 19.1. The van der Waals surface area contributed by atoms with Crippen LogP contribution in [0.1, 0.15) is 43.9 Å². The summed E-state index contributed by atoms with van der Waals surface area (Å²) in [5, 5.41) is 0. The smallest absolute Gasteiger partial charge is 0.123 e. The van der Waals surface area contributed by atoms with E-state index in [1.807, 2.05) is 6.92 Å². The summed E-state index contributed by atoms with van der Waals surface area (Å²) in [6.07, 6.45) is 2.07. The summed E-state index contributed by atoms with van der Waals surface area (Å²) in [6.45, 7) is 6.28. The predicted molar refractivity (Wildman–Crippen MR) is 62.1 cm³/mol. The minimum atomic E-state index is -0.188. The van der Waals surface area contributed by atoms with Crippen molar-refractivity contribution in [2.75, 3.05) is 0 Å². The third-order valence-electron chi connectivity index (χ3n) is 2.69. The van der Waals surface area contributed by atoms with Gasteiger partial charge in [0.25, 0.3) is 0 Å². The molecule has 84 valence electrons. The van der Waals surface area contributed by atoms with Gasteiger partial charge in [-0.05, 0) is 48.9 Å². The maximum Gasteiger partial charge on any atom is 0.123 e. The molecule has 0 amide bonds. The molecule has 1 aromatic carbocycles. The van der Waals surface area contributed by atoms with Crippen molar-refractivity contribution in [2.45, 2.75) is 39.7 Å². The van der Waals surface area contributed by atoms with E-state index in [1.54, 1.807) is 12.1 Å². The number of halogens is 1. The maximum atomic E-state index is 12.9. The van der Waals surface area contributed by atoms with Crippen molar-refractivity contribution in [3.8, 4) is 0 Å². The van der Waals surface area contributed by atoms with E-state index in [9.17, 15) is 4.39 Å². The second-order valence-corrected chi connectivity index (χ2v) is 4.58. The van der Waals surface area contributed by atoms with E-state index in [0.717, 1.165) is 24.0 Å². The van der Waals surface area contributed by atoms with Gasteiger partial charge in [-0.1, -0.05) is 19.9 Å². The molecule has 15 heavy (non-hydrogen) atoms. The van der Waals surface area contributed by atoms with Gasteiger partial charge < -0.3 is 5.73 Å². The van der Waals surface area contributed by atoms with Gasteiger partial charge in [-0.2, -0.15) is 0 Å². The van der Waals surface area contributed by atoms with Crippen molar-refractivity contribution in [1.82, 2.24) is 0 Å². The van der Waals surface area contributed by atoms with Crippen molar-refractivity contribution in [3.63, 3.8) is 0 Å². The molecule has 0 aliphatic carbocycles. The molecule has 1 atom stereocenters. The number of hydrogen-bond donors (Lipinski definition) is 1. The van der Waals surface area contributed by atoms with E-state index < -0.39 is 0 Å². The Labute approximate surface area is 91.5 Å². The zero-order chi connectivity index (χ0) is 11.4. The number of aryl methyl sites for hydroxylation is 1. The third kappa shape index (κ3) is 3.63. The molecular weight excluding hydrogens is 189 g/mol. The van der Waals surface area contributed by atoms with Crippen LogP contribution >= 0.6 is 0 Å². The van der Waals surface area contributed by atoms with Crippen LogP contribution in [-0.2, 0) is 0 Å². The van der Waals surface area contributed by atoms with Crippen molar-refractivity contribution in [1.29, 1.82) is 0 Å². The van der Waals surface area contributed by atoms with E-state index >= 15 is 0 Å². The quantitative estimate of drug-likeness (QED) is 0.806. The van der Waals surface area contributed by atoms with Crippen LogP contribution in [0, 0.1) is 18.7 Å². The first kappa shape index (κ1) is 12.2. The second kappa shape index (κ2) is 5.26. The lowest BCUT2D eigenvalue weighted by molar-refractivity contribution is 0.505. The number of rotatable bonds is 4. The Balaban J connectivity index is 2.69. The zero-order valence-corrected chi connectivity index (χ0v) is 9.76. The first-order chi connectivity index (χ1) is 7.00. The standard InChI is InChI=1S/C13H20FN/c1-9(2)4-7-13(15)12-6-5-11(14)8-10(12)3/h5-6,8-9,13H,4,7,15H2,1-3H3/t13-/m1/s1. The Kier molecular flexibility index (Phi) is 4.28. The molecular formula is C13H20FN. The fourth-order valence-electron chi connectivity index (χ4n) is 1.72. The van der Waals surface area contributed by atoms with Gasteiger partial charge in [0.2, 0.25) is 0 Å². The normalized spacial score (nSPS) is 13.2. The first-order valence-corrected chi connectivity index (χ1v) is 5.52. The fourth-order valence-corrected chi connectivity index (χ4v) is 1.72. The SMILES string of the molecule is Cc1cc(F)ccc1[C@H](N)CCC(C)C. The van der Waals surface area contributed by atoms with Crippen LogP contribution in [0.4, 0.5) is 4.39 Å². The van der Waals surface area contributed by atoms with Gasteiger partial charge in [-0.15, -0.1) is 0 Å². The van der Waals surface area contributed by atoms with Crippen molar-refractivity contribution >= 4 is 0 Å². The highest BCUT2D eigenvalue weighted by molar-refractivity contribution is 5.29. The van der Waals surface area contributed by atoms with Crippen LogP contribution in [0.25, 0.3) is 0 Å². The summed E-state index contributed by atoms with van der Waals surface area (Å²) in [4.78, 5) is 0. The van der Waals surface area contributed by atoms with Crippen molar-refractivity contribution < 1.29 is 4.39 Å². The van der Waals surface area contributed by atoms with E-state index in [4.69, 9.17) is 5.73 Å². The van der Waals surface area contributed by atoms with Gasteiger partial charge in [-0.3, -0.25) is 0 Å². The topological polar surface area (TPSA) is 26.0 Å². The fraction of sp³-hybridized carbons (Fsp3) is 0.538. The second-order valence-electron chi connectivity index (χ2n) is 4.58. The van der Waals surface area contributed by atoms with E-state index in [2.05, 4.69) is 13.8 Å². The largest absolute Gasteiger partial charge is 0.324 e. The monoisotopic (exact) mass is 209 g/mol. The Morgan fingerprint density at radius 1 is 1.27 bits per heavy atom. The van der Waals surface area contributed by atoms with E-state index in [1.165, 1.54) is 6.07 Å². The van der Waals surface area contributed by atoms with Crippen LogP contribution in [0.2, 0.25) is 0 Å². The minimum Gasteiger partial charge on any atom is -0.324 e. The Hall–Kier alpha value is -0.890. The van der Waals surface area contributed by atoms with E-state index in [0.29, 0.717) is 5.92 Å². The molecule has 0 unspecified atom stereocenters. The predicted octanol–water partition coefficient (Wildman–Crippen LogP) is 3.57. The number of nitrogens with two attached hydrogens (primary N) is 1. The number of hydrogen-bond acceptors (Lipinski definition) is 1. The van der Waals surface area contributed by atoms with Gasteiger partial charge in [-0.25, -0.2) is 4.39 Å². The highest BCUT2D eigenvalue weighted by Crippen LogP contribution is 2.22. The summed E-state index contributed by atoms with van der Waals surface area (Å²) in [7, 11) is 0. The van der Waals surface area contributed by atoms with Crippen LogP contribution in [0.5, 0.6) is 0 Å². The molecule has 1 rings (SSSR count). The molecule has 0 aliphatic heterocycles.